The van der Waals surface area contributed by atoms with Crippen LogP contribution in [0, 0.1) is 0 Å². The maximum Gasteiger partial charge on any atom is 0.221 e. The molecule has 0 fully saturated rings. The lowest BCUT2D eigenvalue weighted by Gasteiger charge is -2.16. The Morgan fingerprint density at radius 1 is 1.20 bits per heavy atom. The van der Waals surface area contributed by atoms with Gasteiger partial charge in [0, 0.05) is 11.8 Å². The summed E-state index contributed by atoms with van der Waals surface area (Å²) in [5.41, 5.74) is 7.05. The molecule has 0 amide bonds. The molecule has 1 heterocycles. The van der Waals surface area contributed by atoms with Gasteiger partial charge in [-0.3, -0.25) is 0 Å². The molecule has 1 aliphatic rings. The van der Waals surface area contributed by atoms with Gasteiger partial charge in [0.2, 0.25) is 5.95 Å². The van der Waals surface area contributed by atoms with Crippen molar-refractivity contribution in [2.24, 2.45) is 0 Å². The summed E-state index contributed by atoms with van der Waals surface area (Å²) in [6.45, 7) is 0. The van der Waals surface area contributed by atoms with Crippen LogP contribution in [-0.2, 0) is 22.7 Å². The van der Waals surface area contributed by atoms with Gasteiger partial charge in [0.1, 0.15) is 0 Å². The van der Waals surface area contributed by atoms with Crippen LogP contribution in [0.5, 0.6) is 0 Å². The molecule has 1 aromatic heterocycles. The second-order valence-corrected chi connectivity index (χ2v) is 5.72. The van der Waals surface area contributed by atoms with Gasteiger partial charge in [-0.05, 0) is 25.7 Å². The highest BCUT2D eigenvalue weighted by Crippen LogP contribution is 2.25. The van der Waals surface area contributed by atoms with Gasteiger partial charge in [0.15, 0.2) is 14.9 Å². The highest BCUT2D eigenvalue weighted by molar-refractivity contribution is 7.90. The fraction of sp³-hybridized carbons (Fsp3) is 0.556. The van der Waals surface area contributed by atoms with Gasteiger partial charge in [-0.15, -0.1) is 0 Å². The Bertz CT molecular complexity index is 496. The van der Waals surface area contributed by atoms with E-state index in [1.54, 1.807) is 0 Å². The standard InChI is InChI=1S/C9H13N3O2S/c1-15(13,14)8-6-4-2-3-5-7(6)11-9(10)12-8/h2-5H2,1H3,(H2,10,11,12). The van der Waals surface area contributed by atoms with Crippen molar-refractivity contribution in [1.82, 2.24) is 9.97 Å². The van der Waals surface area contributed by atoms with Crippen LogP contribution in [0.2, 0.25) is 0 Å². The van der Waals surface area contributed by atoms with E-state index >= 15 is 0 Å². The number of nitrogens with zero attached hydrogens (tertiary/aromatic N) is 2. The predicted molar refractivity (Wildman–Crippen MR) is 56.2 cm³/mol. The van der Waals surface area contributed by atoms with Gasteiger partial charge in [-0.25, -0.2) is 18.4 Å². The SMILES string of the molecule is CS(=O)(=O)c1nc(N)nc2c1CCCC2. The van der Waals surface area contributed by atoms with Gasteiger partial charge in [0.25, 0.3) is 0 Å². The predicted octanol–water partition coefficient (Wildman–Crippen LogP) is 0.341. The Kier molecular flexibility index (Phi) is 2.38. The van der Waals surface area contributed by atoms with Gasteiger partial charge in [0.05, 0.1) is 5.69 Å². The lowest BCUT2D eigenvalue weighted by molar-refractivity contribution is 0.588. The smallest absolute Gasteiger partial charge is 0.221 e. The fourth-order valence-corrected chi connectivity index (χ4v) is 2.81. The molecule has 0 aromatic carbocycles. The molecule has 0 saturated heterocycles. The number of hydrogen-bond acceptors (Lipinski definition) is 5. The summed E-state index contributed by atoms with van der Waals surface area (Å²) in [7, 11) is -3.30. The monoisotopic (exact) mass is 227 g/mol. The number of hydrogen-bond donors (Lipinski definition) is 1. The van der Waals surface area contributed by atoms with Crippen LogP contribution in [0.25, 0.3) is 0 Å². The molecule has 0 radical (unpaired) electrons. The maximum atomic E-state index is 11.5. The molecule has 2 N–H and O–H groups in total. The summed E-state index contributed by atoms with van der Waals surface area (Å²) in [4.78, 5) is 7.93. The van der Waals surface area contributed by atoms with Crippen LogP contribution in [0.3, 0.4) is 0 Å². The number of sulfone groups is 1. The second kappa shape index (κ2) is 3.44. The minimum absolute atomic E-state index is 0.0519. The molecule has 1 aliphatic carbocycles. The van der Waals surface area contributed by atoms with Crippen molar-refractivity contribution in [3.8, 4) is 0 Å². The minimum atomic E-state index is -3.30. The number of nitrogens with two attached hydrogens (primary N) is 1. The van der Waals surface area contributed by atoms with Gasteiger partial charge in [-0.2, -0.15) is 0 Å². The van der Waals surface area contributed by atoms with E-state index in [9.17, 15) is 8.42 Å². The number of aromatic nitrogens is 2. The van der Waals surface area contributed by atoms with Crippen LogP contribution in [0.4, 0.5) is 5.95 Å². The summed E-state index contributed by atoms with van der Waals surface area (Å²) < 4.78 is 23.0. The summed E-state index contributed by atoms with van der Waals surface area (Å²) in [5, 5.41) is 0.115. The van der Waals surface area contributed by atoms with Gasteiger partial charge < -0.3 is 5.73 Å². The number of fused-ring (bicyclic) bond motifs is 1. The molecular weight excluding hydrogens is 214 g/mol. The first-order chi connectivity index (χ1) is 6.98. The van der Waals surface area contributed by atoms with Crippen molar-refractivity contribution in [3.05, 3.63) is 11.3 Å². The number of aryl methyl sites for hydroxylation is 1. The largest absolute Gasteiger partial charge is 0.368 e. The number of rotatable bonds is 1. The molecule has 15 heavy (non-hydrogen) atoms. The molecule has 5 nitrogen and oxygen atoms in total. The van der Waals surface area contributed by atoms with Gasteiger partial charge >= 0.3 is 0 Å². The van der Waals surface area contributed by atoms with E-state index < -0.39 is 9.84 Å². The molecular formula is C9H13N3O2S. The lowest BCUT2D eigenvalue weighted by Crippen LogP contribution is -2.16. The summed E-state index contributed by atoms with van der Waals surface area (Å²) in [6.07, 6.45) is 4.71. The van der Waals surface area contributed by atoms with E-state index in [0.29, 0.717) is 0 Å². The average molecular weight is 227 g/mol. The van der Waals surface area contributed by atoms with E-state index in [-0.39, 0.29) is 11.0 Å². The molecule has 0 aliphatic heterocycles. The highest BCUT2D eigenvalue weighted by Gasteiger charge is 2.22. The third kappa shape index (κ3) is 1.94. The molecule has 0 unspecified atom stereocenters. The van der Waals surface area contributed by atoms with Crippen molar-refractivity contribution in [3.63, 3.8) is 0 Å². The Morgan fingerprint density at radius 2 is 1.87 bits per heavy atom. The van der Waals surface area contributed by atoms with Gasteiger partial charge in [-0.1, -0.05) is 0 Å². The van der Waals surface area contributed by atoms with E-state index in [1.807, 2.05) is 0 Å². The number of nitrogen functional groups attached to an aromatic ring is 1. The molecule has 0 spiro atoms. The first kappa shape index (κ1) is 10.4. The first-order valence-corrected chi connectivity index (χ1v) is 6.73. The Labute approximate surface area is 88.7 Å². The van der Waals surface area contributed by atoms with E-state index in [2.05, 4.69) is 9.97 Å². The van der Waals surface area contributed by atoms with Crippen LogP contribution in [-0.4, -0.2) is 24.6 Å². The Morgan fingerprint density at radius 3 is 2.53 bits per heavy atom. The zero-order chi connectivity index (χ0) is 11.1. The van der Waals surface area contributed by atoms with E-state index in [0.717, 1.165) is 43.2 Å². The normalized spacial score (nSPS) is 16.1. The molecule has 82 valence electrons. The topological polar surface area (TPSA) is 85.9 Å². The summed E-state index contributed by atoms with van der Waals surface area (Å²) in [5.74, 6) is 0.0519. The molecule has 6 heteroatoms. The molecule has 0 saturated carbocycles. The van der Waals surface area contributed by atoms with Crippen molar-refractivity contribution in [1.29, 1.82) is 0 Å². The van der Waals surface area contributed by atoms with Crippen LogP contribution >= 0.6 is 0 Å². The summed E-state index contributed by atoms with van der Waals surface area (Å²) >= 11 is 0. The quantitative estimate of drug-likeness (QED) is 0.699. The second-order valence-electron chi connectivity index (χ2n) is 3.79. The lowest BCUT2D eigenvalue weighted by atomic mass is 9.97. The molecule has 2 rings (SSSR count). The average Bonchev–Trinajstić information content (AvgIpc) is 2.15. The zero-order valence-electron chi connectivity index (χ0n) is 8.52. The highest BCUT2D eigenvalue weighted by atomic mass is 32.2. The van der Waals surface area contributed by atoms with Crippen molar-refractivity contribution in [2.45, 2.75) is 30.7 Å². The molecule has 0 bridgehead atoms. The first-order valence-electron chi connectivity index (χ1n) is 4.84. The third-order valence-corrected chi connectivity index (χ3v) is 3.55. The summed E-state index contributed by atoms with van der Waals surface area (Å²) in [6, 6.07) is 0. The van der Waals surface area contributed by atoms with Crippen molar-refractivity contribution in [2.75, 3.05) is 12.0 Å². The Hall–Kier alpha value is -1.17. The minimum Gasteiger partial charge on any atom is -0.368 e. The zero-order valence-corrected chi connectivity index (χ0v) is 9.34. The molecule has 0 atom stereocenters. The van der Waals surface area contributed by atoms with Crippen molar-refractivity contribution < 1.29 is 8.42 Å². The van der Waals surface area contributed by atoms with E-state index in [4.69, 9.17) is 5.73 Å². The van der Waals surface area contributed by atoms with Crippen LogP contribution < -0.4 is 5.73 Å². The van der Waals surface area contributed by atoms with Crippen molar-refractivity contribution >= 4 is 15.8 Å². The van der Waals surface area contributed by atoms with Crippen LogP contribution in [0.15, 0.2) is 5.03 Å². The van der Waals surface area contributed by atoms with E-state index in [1.165, 1.54) is 0 Å². The molecule has 1 aromatic rings. The third-order valence-electron chi connectivity index (χ3n) is 2.51. The fourth-order valence-electron chi connectivity index (χ4n) is 1.88. The maximum absolute atomic E-state index is 11.5. The van der Waals surface area contributed by atoms with Crippen LogP contribution in [0.1, 0.15) is 24.1 Å². The Balaban J connectivity index is 2.68. The number of anilines is 1.